The van der Waals surface area contributed by atoms with E-state index in [0.29, 0.717) is 12.3 Å². The summed E-state index contributed by atoms with van der Waals surface area (Å²) >= 11 is 0. The number of hydrogen-bond donors (Lipinski definition) is 0. The number of pyridine rings is 1. The molecule has 0 radical (unpaired) electrons. The Kier molecular flexibility index (Phi) is 3.07. The van der Waals surface area contributed by atoms with Crippen LogP contribution >= 0.6 is 0 Å². The summed E-state index contributed by atoms with van der Waals surface area (Å²) in [6.45, 7) is 0.750. The van der Waals surface area contributed by atoms with Gasteiger partial charge < -0.3 is 9.30 Å². The molecule has 0 atom stereocenters. The number of rotatable bonds is 3. The van der Waals surface area contributed by atoms with Crippen LogP contribution < -0.4 is 4.74 Å². The first-order chi connectivity index (χ1) is 9.28. The molecule has 4 heteroatoms. The molecule has 2 aromatic rings. The number of ether oxygens (including phenoxy) is 1. The van der Waals surface area contributed by atoms with Crippen LogP contribution in [0.15, 0.2) is 30.6 Å². The fourth-order valence-electron chi connectivity index (χ4n) is 2.56. The van der Waals surface area contributed by atoms with E-state index in [1.54, 1.807) is 7.11 Å². The highest BCUT2D eigenvalue weighted by Gasteiger charge is 2.20. The largest absolute Gasteiger partial charge is 0.481 e. The van der Waals surface area contributed by atoms with Crippen molar-refractivity contribution in [1.29, 1.82) is 0 Å². The molecule has 0 spiro atoms. The number of aromatic nitrogens is 2. The molecule has 0 amide bonds. The van der Waals surface area contributed by atoms with Crippen molar-refractivity contribution < 1.29 is 9.53 Å². The van der Waals surface area contributed by atoms with E-state index in [2.05, 4.69) is 9.55 Å². The summed E-state index contributed by atoms with van der Waals surface area (Å²) < 4.78 is 7.20. The van der Waals surface area contributed by atoms with Gasteiger partial charge in [0.15, 0.2) is 5.78 Å². The molecule has 0 aromatic carbocycles. The molecule has 0 saturated carbocycles. The van der Waals surface area contributed by atoms with Crippen LogP contribution in [-0.4, -0.2) is 22.4 Å². The zero-order valence-electron chi connectivity index (χ0n) is 10.9. The fourth-order valence-corrected chi connectivity index (χ4v) is 2.56. The second kappa shape index (κ2) is 4.88. The lowest BCUT2D eigenvalue weighted by Crippen LogP contribution is -2.13. The van der Waals surface area contributed by atoms with Gasteiger partial charge in [0.05, 0.1) is 7.11 Å². The Bertz CT molecular complexity index is 599. The second-order valence-corrected chi connectivity index (χ2v) is 4.79. The predicted molar refractivity (Wildman–Crippen MR) is 71.6 cm³/mol. The molecule has 98 valence electrons. The number of Topliss-reactive ketones (excluding diaryl/α,β-unsaturated/α-hetero) is 1. The highest BCUT2D eigenvalue weighted by Crippen LogP contribution is 2.23. The first kappa shape index (κ1) is 12.0. The van der Waals surface area contributed by atoms with Crippen molar-refractivity contribution in [1.82, 2.24) is 9.55 Å². The monoisotopic (exact) mass is 256 g/mol. The van der Waals surface area contributed by atoms with Crippen LogP contribution in [0.1, 0.15) is 34.5 Å². The first-order valence-corrected chi connectivity index (χ1v) is 6.48. The van der Waals surface area contributed by atoms with Gasteiger partial charge in [-0.15, -0.1) is 0 Å². The average molecular weight is 256 g/mol. The summed E-state index contributed by atoms with van der Waals surface area (Å²) in [5, 5.41) is 0. The number of carbonyl (C=O) groups excluding carboxylic acids is 1. The van der Waals surface area contributed by atoms with E-state index >= 15 is 0 Å². The molecule has 2 heterocycles. The van der Waals surface area contributed by atoms with Gasteiger partial charge in [0, 0.05) is 42.7 Å². The van der Waals surface area contributed by atoms with Crippen molar-refractivity contribution in [3.8, 4) is 5.88 Å². The van der Waals surface area contributed by atoms with E-state index in [1.165, 1.54) is 0 Å². The molecule has 0 fully saturated rings. The third-order valence-electron chi connectivity index (χ3n) is 3.56. The average Bonchev–Trinajstić information content (AvgIpc) is 2.84. The van der Waals surface area contributed by atoms with Crippen molar-refractivity contribution in [3.63, 3.8) is 0 Å². The van der Waals surface area contributed by atoms with E-state index in [9.17, 15) is 4.79 Å². The first-order valence-electron chi connectivity index (χ1n) is 6.48. The molecule has 0 N–H and O–H groups in total. The third kappa shape index (κ3) is 2.26. The normalized spacial score (nSPS) is 14.3. The summed E-state index contributed by atoms with van der Waals surface area (Å²) in [5.41, 5.74) is 3.16. The molecule has 1 aliphatic rings. The summed E-state index contributed by atoms with van der Waals surface area (Å²) in [6.07, 6.45) is 6.43. The molecule has 0 bridgehead atoms. The lowest BCUT2D eigenvalue weighted by Gasteiger charge is -2.15. The van der Waals surface area contributed by atoms with Crippen LogP contribution in [-0.2, 0) is 13.0 Å². The van der Waals surface area contributed by atoms with Crippen LogP contribution in [0.4, 0.5) is 0 Å². The minimum atomic E-state index is 0.271. The van der Waals surface area contributed by atoms with E-state index in [-0.39, 0.29) is 5.78 Å². The topological polar surface area (TPSA) is 44.1 Å². The molecule has 4 nitrogen and oxygen atoms in total. The van der Waals surface area contributed by atoms with Gasteiger partial charge in [0.1, 0.15) is 0 Å². The van der Waals surface area contributed by atoms with Gasteiger partial charge in [-0.3, -0.25) is 4.79 Å². The summed E-state index contributed by atoms with van der Waals surface area (Å²) in [4.78, 5) is 16.0. The van der Waals surface area contributed by atoms with Crippen LogP contribution in [0.3, 0.4) is 0 Å². The van der Waals surface area contributed by atoms with Crippen LogP contribution in [0.25, 0.3) is 0 Å². The standard InChI is InChI=1S/C15H16N2O2/c1-19-15-6-5-11(9-16-15)10-17-8-7-12-13(17)3-2-4-14(12)18/h5-9H,2-4,10H2,1H3. The van der Waals surface area contributed by atoms with Gasteiger partial charge in [0.25, 0.3) is 0 Å². The molecule has 0 aliphatic heterocycles. The van der Waals surface area contributed by atoms with Crippen LogP contribution in [0.2, 0.25) is 0 Å². The molecule has 0 unspecified atom stereocenters. The van der Waals surface area contributed by atoms with Gasteiger partial charge in [-0.2, -0.15) is 0 Å². The lowest BCUT2D eigenvalue weighted by molar-refractivity contribution is 0.0972. The molecule has 2 aromatic heterocycles. The smallest absolute Gasteiger partial charge is 0.212 e. The Balaban J connectivity index is 1.85. The summed E-state index contributed by atoms with van der Waals surface area (Å²) in [6, 6.07) is 5.80. The van der Waals surface area contributed by atoms with Crippen molar-refractivity contribution in [2.24, 2.45) is 0 Å². The maximum atomic E-state index is 11.8. The number of methoxy groups -OCH3 is 1. The third-order valence-corrected chi connectivity index (χ3v) is 3.56. The van der Waals surface area contributed by atoms with Crippen molar-refractivity contribution >= 4 is 5.78 Å². The van der Waals surface area contributed by atoms with E-state index in [4.69, 9.17) is 4.74 Å². The number of hydrogen-bond acceptors (Lipinski definition) is 3. The van der Waals surface area contributed by atoms with Crippen molar-refractivity contribution in [3.05, 3.63) is 47.4 Å². The molecule has 0 saturated heterocycles. The molecule has 3 rings (SSSR count). The Labute approximate surface area is 112 Å². The highest BCUT2D eigenvalue weighted by molar-refractivity contribution is 5.98. The Hall–Kier alpha value is -2.10. The highest BCUT2D eigenvalue weighted by atomic mass is 16.5. The SMILES string of the molecule is COc1ccc(Cn2ccc3c2CCCC3=O)cn1. The Morgan fingerprint density at radius 1 is 1.32 bits per heavy atom. The number of carbonyl (C=O) groups is 1. The summed E-state index contributed by atoms with van der Waals surface area (Å²) in [7, 11) is 1.61. The Morgan fingerprint density at radius 2 is 2.21 bits per heavy atom. The van der Waals surface area contributed by atoms with E-state index < -0.39 is 0 Å². The zero-order valence-corrected chi connectivity index (χ0v) is 10.9. The van der Waals surface area contributed by atoms with Gasteiger partial charge in [-0.1, -0.05) is 6.07 Å². The predicted octanol–water partition coefficient (Wildman–Crippen LogP) is 2.46. The fraction of sp³-hybridized carbons (Fsp3) is 0.333. The second-order valence-electron chi connectivity index (χ2n) is 4.79. The van der Waals surface area contributed by atoms with E-state index in [1.807, 2.05) is 30.6 Å². The van der Waals surface area contributed by atoms with Gasteiger partial charge >= 0.3 is 0 Å². The molecular formula is C15H16N2O2. The van der Waals surface area contributed by atoms with Crippen molar-refractivity contribution in [2.45, 2.75) is 25.8 Å². The van der Waals surface area contributed by atoms with Gasteiger partial charge in [-0.25, -0.2) is 4.98 Å². The van der Waals surface area contributed by atoms with Crippen LogP contribution in [0, 0.1) is 0 Å². The summed E-state index contributed by atoms with van der Waals surface area (Å²) in [5.74, 6) is 0.890. The quantitative estimate of drug-likeness (QED) is 0.847. The number of fused-ring (bicyclic) bond motifs is 1. The number of nitrogens with zero attached hydrogens (tertiary/aromatic N) is 2. The Morgan fingerprint density at radius 3 is 2.95 bits per heavy atom. The lowest BCUT2D eigenvalue weighted by atomic mass is 9.97. The van der Waals surface area contributed by atoms with Crippen LogP contribution in [0.5, 0.6) is 5.88 Å². The molecular weight excluding hydrogens is 240 g/mol. The number of ketones is 1. The zero-order chi connectivity index (χ0) is 13.2. The van der Waals surface area contributed by atoms with E-state index in [0.717, 1.165) is 36.2 Å². The maximum absolute atomic E-state index is 11.8. The minimum Gasteiger partial charge on any atom is -0.481 e. The van der Waals surface area contributed by atoms with Gasteiger partial charge in [-0.05, 0) is 24.5 Å². The van der Waals surface area contributed by atoms with Gasteiger partial charge in [0.2, 0.25) is 5.88 Å². The minimum absolute atomic E-state index is 0.271. The van der Waals surface area contributed by atoms with Crippen molar-refractivity contribution in [2.75, 3.05) is 7.11 Å². The molecule has 19 heavy (non-hydrogen) atoms. The maximum Gasteiger partial charge on any atom is 0.212 e. The molecule has 1 aliphatic carbocycles.